The first-order valence-electron chi connectivity index (χ1n) is 7.10. The van der Waals surface area contributed by atoms with Crippen molar-refractivity contribution in [3.8, 4) is 0 Å². The minimum absolute atomic E-state index is 0.631. The molecule has 1 heterocycles. The molecular formula is C15H26N2O. The van der Waals surface area contributed by atoms with Crippen LogP contribution < -0.4 is 5.32 Å². The molecule has 0 radical (unpaired) electrons. The zero-order chi connectivity index (χ0) is 13.1. The topological polar surface area (TPSA) is 34.1 Å². The molecule has 0 unspecified atom stereocenters. The summed E-state index contributed by atoms with van der Waals surface area (Å²) in [6, 6.07) is 6.13. The normalized spacial score (nSPS) is 10.8. The molecule has 102 valence electrons. The number of aromatic nitrogens is 1. The monoisotopic (exact) mass is 250 g/mol. The Hall–Kier alpha value is -0.930. The summed E-state index contributed by atoms with van der Waals surface area (Å²) in [5.41, 5.74) is 2.12. The zero-order valence-electron chi connectivity index (χ0n) is 11.7. The van der Waals surface area contributed by atoms with E-state index < -0.39 is 0 Å². The first kappa shape index (κ1) is 15.1. The van der Waals surface area contributed by atoms with Crippen molar-refractivity contribution in [3.05, 3.63) is 29.6 Å². The van der Waals surface area contributed by atoms with Gasteiger partial charge in [0.1, 0.15) is 0 Å². The van der Waals surface area contributed by atoms with Crippen LogP contribution in [0.25, 0.3) is 0 Å². The Balaban J connectivity index is 2.20. The van der Waals surface area contributed by atoms with Crippen molar-refractivity contribution in [1.82, 2.24) is 10.3 Å². The lowest BCUT2D eigenvalue weighted by molar-refractivity contribution is 0.114. The number of rotatable bonds is 10. The number of ether oxygens (including phenoxy) is 1. The van der Waals surface area contributed by atoms with Gasteiger partial charge in [0.15, 0.2) is 0 Å². The Morgan fingerprint density at radius 1 is 1.11 bits per heavy atom. The van der Waals surface area contributed by atoms with E-state index in [1.165, 1.54) is 19.3 Å². The number of unbranched alkanes of at least 4 members (excludes halogenated alkanes) is 3. The van der Waals surface area contributed by atoms with Crippen molar-refractivity contribution in [3.63, 3.8) is 0 Å². The molecule has 1 aromatic heterocycles. The van der Waals surface area contributed by atoms with Crippen LogP contribution >= 0.6 is 0 Å². The Morgan fingerprint density at radius 3 is 2.72 bits per heavy atom. The van der Waals surface area contributed by atoms with Crippen LogP contribution in [0.15, 0.2) is 18.2 Å². The first-order chi connectivity index (χ1) is 8.86. The average Bonchev–Trinajstić information content (AvgIpc) is 2.41. The SMILES string of the molecule is CCCCCCOCc1cccc(CNCC)n1. The van der Waals surface area contributed by atoms with E-state index in [0.29, 0.717) is 6.61 Å². The lowest BCUT2D eigenvalue weighted by atomic mass is 10.2. The van der Waals surface area contributed by atoms with Gasteiger partial charge in [0.05, 0.1) is 18.0 Å². The quantitative estimate of drug-likeness (QED) is 0.647. The Morgan fingerprint density at radius 2 is 1.94 bits per heavy atom. The number of nitrogens with zero attached hydrogens (tertiary/aromatic N) is 1. The van der Waals surface area contributed by atoms with Crippen LogP contribution in [-0.4, -0.2) is 18.1 Å². The Kier molecular flexibility index (Phi) is 8.43. The predicted molar refractivity (Wildman–Crippen MR) is 75.4 cm³/mol. The first-order valence-corrected chi connectivity index (χ1v) is 7.10. The van der Waals surface area contributed by atoms with E-state index in [4.69, 9.17) is 4.74 Å². The van der Waals surface area contributed by atoms with E-state index in [-0.39, 0.29) is 0 Å². The molecule has 18 heavy (non-hydrogen) atoms. The van der Waals surface area contributed by atoms with Crippen molar-refractivity contribution in [2.75, 3.05) is 13.2 Å². The largest absolute Gasteiger partial charge is 0.375 e. The third-order valence-corrected chi connectivity index (χ3v) is 2.81. The molecule has 0 atom stereocenters. The summed E-state index contributed by atoms with van der Waals surface area (Å²) in [5.74, 6) is 0. The van der Waals surface area contributed by atoms with Crippen LogP contribution in [0, 0.1) is 0 Å². The maximum absolute atomic E-state index is 5.64. The summed E-state index contributed by atoms with van der Waals surface area (Å²) in [4.78, 5) is 4.56. The molecule has 3 nitrogen and oxygen atoms in total. The van der Waals surface area contributed by atoms with Gasteiger partial charge in [-0.05, 0) is 25.1 Å². The zero-order valence-corrected chi connectivity index (χ0v) is 11.7. The maximum Gasteiger partial charge on any atom is 0.0887 e. The van der Waals surface area contributed by atoms with E-state index in [1.807, 2.05) is 12.1 Å². The van der Waals surface area contributed by atoms with Gasteiger partial charge >= 0.3 is 0 Å². The number of hydrogen-bond acceptors (Lipinski definition) is 3. The molecule has 0 amide bonds. The lowest BCUT2D eigenvalue weighted by Gasteiger charge is -2.06. The lowest BCUT2D eigenvalue weighted by Crippen LogP contribution is -2.13. The second kappa shape index (κ2) is 10.0. The van der Waals surface area contributed by atoms with Crippen molar-refractivity contribution < 1.29 is 4.74 Å². The number of hydrogen-bond donors (Lipinski definition) is 1. The van der Waals surface area contributed by atoms with E-state index in [1.54, 1.807) is 0 Å². The van der Waals surface area contributed by atoms with E-state index >= 15 is 0 Å². The van der Waals surface area contributed by atoms with Gasteiger partial charge in [-0.1, -0.05) is 39.2 Å². The fourth-order valence-corrected chi connectivity index (χ4v) is 1.77. The van der Waals surface area contributed by atoms with Gasteiger partial charge in [0, 0.05) is 13.2 Å². The highest BCUT2D eigenvalue weighted by atomic mass is 16.5. The average molecular weight is 250 g/mol. The van der Waals surface area contributed by atoms with Crippen LogP contribution in [0.2, 0.25) is 0 Å². The minimum atomic E-state index is 0.631. The van der Waals surface area contributed by atoms with Gasteiger partial charge in [0.2, 0.25) is 0 Å². The minimum Gasteiger partial charge on any atom is -0.375 e. The molecule has 0 aliphatic heterocycles. The highest BCUT2D eigenvalue weighted by molar-refractivity contribution is 5.10. The highest BCUT2D eigenvalue weighted by Crippen LogP contribution is 2.03. The van der Waals surface area contributed by atoms with Crippen molar-refractivity contribution in [2.45, 2.75) is 52.7 Å². The van der Waals surface area contributed by atoms with Gasteiger partial charge in [-0.25, -0.2) is 0 Å². The standard InChI is InChI=1S/C15H26N2O/c1-3-5-6-7-11-18-13-15-10-8-9-14(17-15)12-16-4-2/h8-10,16H,3-7,11-13H2,1-2H3. The highest BCUT2D eigenvalue weighted by Gasteiger charge is 1.98. The maximum atomic E-state index is 5.64. The van der Waals surface area contributed by atoms with E-state index in [9.17, 15) is 0 Å². The molecule has 0 aliphatic rings. The third kappa shape index (κ3) is 6.72. The number of pyridine rings is 1. The third-order valence-electron chi connectivity index (χ3n) is 2.81. The fourth-order valence-electron chi connectivity index (χ4n) is 1.77. The van der Waals surface area contributed by atoms with E-state index in [0.717, 1.165) is 37.5 Å². The molecule has 1 rings (SSSR count). The fraction of sp³-hybridized carbons (Fsp3) is 0.667. The van der Waals surface area contributed by atoms with Gasteiger partial charge in [-0.15, -0.1) is 0 Å². The number of nitrogens with one attached hydrogen (secondary N) is 1. The van der Waals surface area contributed by atoms with Crippen molar-refractivity contribution >= 4 is 0 Å². The van der Waals surface area contributed by atoms with Crippen LogP contribution in [-0.2, 0) is 17.9 Å². The van der Waals surface area contributed by atoms with Crippen LogP contribution in [0.5, 0.6) is 0 Å². The van der Waals surface area contributed by atoms with Crippen molar-refractivity contribution in [2.24, 2.45) is 0 Å². The van der Waals surface area contributed by atoms with Crippen LogP contribution in [0.3, 0.4) is 0 Å². The van der Waals surface area contributed by atoms with Crippen LogP contribution in [0.4, 0.5) is 0 Å². The molecule has 0 spiro atoms. The van der Waals surface area contributed by atoms with Gasteiger partial charge in [-0.2, -0.15) is 0 Å². The summed E-state index contributed by atoms with van der Waals surface area (Å²) in [6.07, 6.45) is 5.00. The summed E-state index contributed by atoms with van der Waals surface area (Å²) < 4.78 is 5.64. The molecule has 0 aliphatic carbocycles. The molecular weight excluding hydrogens is 224 g/mol. The van der Waals surface area contributed by atoms with Crippen LogP contribution in [0.1, 0.15) is 50.9 Å². The molecule has 0 bridgehead atoms. The van der Waals surface area contributed by atoms with Gasteiger partial charge in [-0.3, -0.25) is 4.98 Å². The van der Waals surface area contributed by atoms with Gasteiger partial charge < -0.3 is 10.1 Å². The molecule has 3 heteroatoms. The molecule has 0 fully saturated rings. The Labute approximate surface area is 111 Å². The molecule has 0 saturated heterocycles. The second-order valence-corrected chi connectivity index (χ2v) is 4.51. The smallest absolute Gasteiger partial charge is 0.0887 e. The molecule has 1 N–H and O–H groups in total. The second-order valence-electron chi connectivity index (χ2n) is 4.51. The van der Waals surface area contributed by atoms with Gasteiger partial charge in [0.25, 0.3) is 0 Å². The summed E-state index contributed by atoms with van der Waals surface area (Å²) in [6.45, 7) is 7.61. The van der Waals surface area contributed by atoms with E-state index in [2.05, 4.69) is 30.2 Å². The molecule has 1 aromatic rings. The summed E-state index contributed by atoms with van der Waals surface area (Å²) in [5, 5.41) is 3.28. The Bertz CT molecular complexity index is 315. The summed E-state index contributed by atoms with van der Waals surface area (Å²) >= 11 is 0. The molecule has 0 aromatic carbocycles. The predicted octanol–water partition coefficient (Wildman–Crippen LogP) is 3.29. The molecule has 0 saturated carbocycles. The van der Waals surface area contributed by atoms with Crippen molar-refractivity contribution in [1.29, 1.82) is 0 Å². The summed E-state index contributed by atoms with van der Waals surface area (Å²) in [7, 11) is 0.